The second-order valence-corrected chi connectivity index (χ2v) is 5.64. The SMILES string of the molecule is COc1ccc(CN2CC(N3CCNCC3)C2)cc1O. The number of piperazine rings is 1. The van der Waals surface area contributed by atoms with E-state index in [1.807, 2.05) is 12.1 Å². The van der Waals surface area contributed by atoms with Gasteiger partial charge in [-0.25, -0.2) is 0 Å². The Morgan fingerprint density at radius 1 is 1.30 bits per heavy atom. The Labute approximate surface area is 120 Å². The average Bonchev–Trinajstić information content (AvgIpc) is 2.43. The molecule has 1 aromatic carbocycles. The topological polar surface area (TPSA) is 48.0 Å². The van der Waals surface area contributed by atoms with Crippen LogP contribution in [0, 0.1) is 0 Å². The summed E-state index contributed by atoms with van der Waals surface area (Å²) in [4.78, 5) is 5.01. The molecule has 0 amide bonds. The molecular weight excluding hydrogens is 254 g/mol. The highest BCUT2D eigenvalue weighted by molar-refractivity contribution is 5.41. The van der Waals surface area contributed by atoms with Gasteiger partial charge in [-0.2, -0.15) is 0 Å². The molecule has 0 saturated carbocycles. The van der Waals surface area contributed by atoms with Crippen molar-refractivity contribution in [1.82, 2.24) is 15.1 Å². The fourth-order valence-corrected chi connectivity index (χ4v) is 3.04. The van der Waals surface area contributed by atoms with Crippen LogP contribution in [0.1, 0.15) is 5.56 Å². The Morgan fingerprint density at radius 3 is 2.70 bits per heavy atom. The van der Waals surface area contributed by atoms with E-state index in [0.717, 1.165) is 38.3 Å². The van der Waals surface area contributed by atoms with Crippen LogP contribution in [0.3, 0.4) is 0 Å². The molecule has 0 aliphatic carbocycles. The number of methoxy groups -OCH3 is 1. The molecule has 2 aliphatic heterocycles. The monoisotopic (exact) mass is 277 g/mol. The number of benzene rings is 1. The van der Waals surface area contributed by atoms with Gasteiger partial charge in [0.05, 0.1) is 7.11 Å². The van der Waals surface area contributed by atoms with Crippen LogP contribution in [0.2, 0.25) is 0 Å². The minimum atomic E-state index is 0.226. The summed E-state index contributed by atoms with van der Waals surface area (Å²) in [5.41, 5.74) is 1.14. The first kappa shape index (κ1) is 13.7. The van der Waals surface area contributed by atoms with Gasteiger partial charge in [-0.05, 0) is 17.7 Å². The first-order valence-electron chi connectivity index (χ1n) is 7.29. The molecule has 20 heavy (non-hydrogen) atoms. The summed E-state index contributed by atoms with van der Waals surface area (Å²) in [5.74, 6) is 0.764. The second kappa shape index (κ2) is 5.99. The molecule has 5 nitrogen and oxygen atoms in total. The Hall–Kier alpha value is -1.30. The smallest absolute Gasteiger partial charge is 0.160 e. The number of nitrogens with one attached hydrogen (secondary N) is 1. The van der Waals surface area contributed by atoms with Gasteiger partial charge in [-0.15, -0.1) is 0 Å². The Balaban J connectivity index is 1.49. The second-order valence-electron chi connectivity index (χ2n) is 5.64. The lowest BCUT2D eigenvalue weighted by Crippen LogP contribution is -2.62. The van der Waals surface area contributed by atoms with Gasteiger partial charge in [-0.3, -0.25) is 9.80 Å². The number of rotatable bonds is 4. The van der Waals surface area contributed by atoms with Crippen molar-refractivity contribution in [2.75, 3.05) is 46.4 Å². The van der Waals surface area contributed by atoms with E-state index in [9.17, 15) is 5.11 Å². The van der Waals surface area contributed by atoms with Crippen molar-refractivity contribution < 1.29 is 9.84 Å². The molecule has 0 unspecified atom stereocenters. The van der Waals surface area contributed by atoms with E-state index in [4.69, 9.17) is 4.74 Å². The highest BCUT2D eigenvalue weighted by Gasteiger charge is 2.32. The van der Waals surface area contributed by atoms with Crippen molar-refractivity contribution in [3.63, 3.8) is 0 Å². The lowest BCUT2D eigenvalue weighted by Gasteiger charge is -2.46. The maximum atomic E-state index is 9.79. The quantitative estimate of drug-likeness (QED) is 0.839. The number of phenolic OH excluding ortho intramolecular Hbond substituents is 1. The van der Waals surface area contributed by atoms with Crippen molar-refractivity contribution in [2.45, 2.75) is 12.6 Å². The Morgan fingerprint density at radius 2 is 2.05 bits per heavy atom. The molecule has 5 heteroatoms. The minimum Gasteiger partial charge on any atom is -0.504 e. The van der Waals surface area contributed by atoms with Crippen LogP contribution in [0.4, 0.5) is 0 Å². The van der Waals surface area contributed by atoms with E-state index in [1.54, 1.807) is 13.2 Å². The standard InChI is InChI=1S/C15H23N3O2/c1-20-15-3-2-12(8-14(15)19)9-17-10-13(11-17)18-6-4-16-5-7-18/h2-3,8,13,16,19H,4-7,9-11H2,1H3. The van der Waals surface area contributed by atoms with Crippen LogP contribution in [0.5, 0.6) is 11.5 Å². The fraction of sp³-hybridized carbons (Fsp3) is 0.600. The molecule has 0 bridgehead atoms. The van der Waals surface area contributed by atoms with E-state index < -0.39 is 0 Å². The average molecular weight is 277 g/mol. The van der Waals surface area contributed by atoms with E-state index in [0.29, 0.717) is 11.8 Å². The van der Waals surface area contributed by atoms with Crippen LogP contribution in [0.25, 0.3) is 0 Å². The first-order valence-corrected chi connectivity index (χ1v) is 7.29. The Kier molecular flexibility index (Phi) is 4.10. The molecular formula is C15H23N3O2. The predicted octanol–water partition coefficient (Wildman–Crippen LogP) is 0.490. The van der Waals surface area contributed by atoms with E-state index >= 15 is 0 Å². The van der Waals surface area contributed by atoms with Crippen molar-refractivity contribution in [1.29, 1.82) is 0 Å². The highest BCUT2D eigenvalue weighted by atomic mass is 16.5. The van der Waals surface area contributed by atoms with Gasteiger partial charge in [0.2, 0.25) is 0 Å². The van der Waals surface area contributed by atoms with E-state index in [2.05, 4.69) is 15.1 Å². The third-order valence-electron chi connectivity index (χ3n) is 4.26. The number of hydrogen-bond acceptors (Lipinski definition) is 5. The van der Waals surface area contributed by atoms with Crippen LogP contribution in [0.15, 0.2) is 18.2 Å². The van der Waals surface area contributed by atoms with Crippen LogP contribution >= 0.6 is 0 Å². The molecule has 2 fully saturated rings. The van der Waals surface area contributed by atoms with Crippen molar-refractivity contribution in [3.05, 3.63) is 23.8 Å². The summed E-state index contributed by atoms with van der Waals surface area (Å²) in [6.07, 6.45) is 0. The normalized spacial score (nSPS) is 21.6. The molecule has 2 heterocycles. The third-order valence-corrected chi connectivity index (χ3v) is 4.26. The molecule has 1 aromatic rings. The molecule has 0 atom stereocenters. The maximum absolute atomic E-state index is 9.79. The van der Waals surface area contributed by atoms with Gasteiger partial charge in [0, 0.05) is 51.9 Å². The lowest BCUT2D eigenvalue weighted by molar-refractivity contribution is 0.0223. The zero-order valence-electron chi connectivity index (χ0n) is 12.0. The van der Waals surface area contributed by atoms with Gasteiger partial charge in [0.25, 0.3) is 0 Å². The largest absolute Gasteiger partial charge is 0.504 e. The minimum absolute atomic E-state index is 0.226. The molecule has 0 aromatic heterocycles. The summed E-state index contributed by atoms with van der Waals surface area (Å²) >= 11 is 0. The van der Waals surface area contributed by atoms with Gasteiger partial charge < -0.3 is 15.2 Å². The molecule has 2 N–H and O–H groups in total. The zero-order valence-corrected chi connectivity index (χ0v) is 12.0. The van der Waals surface area contributed by atoms with Gasteiger partial charge in [-0.1, -0.05) is 6.07 Å². The van der Waals surface area contributed by atoms with Gasteiger partial charge >= 0.3 is 0 Å². The van der Waals surface area contributed by atoms with Gasteiger partial charge in [0.1, 0.15) is 0 Å². The maximum Gasteiger partial charge on any atom is 0.160 e. The van der Waals surface area contributed by atoms with Crippen molar-refractivity contribution in [3.8, 4) is 11.5 Å². The zero-order chi connectivity index (χ0) is 13.9. The number of nitrogens with zero attached hydrogens (tertiary/aromatic N) is 2. The fourth-order valence-electron chi connectivity index (χ4n) is 3.04. The third kappa shape index (κ3) is 2.90. The van der Waals surface area contributed by atoms with Gasteiger partial charge in [0.15, 0.2) is 11.5 Å². The molecule has 0 spiro atoms. The number of phenols is 1. The predicted molar refractivity (Wildman–Crippen MR) is 78.2 cm³/mol. The molecule has 3 rings (SSSR count). The van der Waals surface area contributed by atoms with Crippen molar-refractivity contribution in [2.24, 2.45) is 0 Å². The summed E-state index contributed by atoms with van der Waals surface area (Å²) in [6, 6.07) is 6.37. The number of hydrogen-bond donors (Lipinski definition) is 2. The van der Waals surface area contributed by atoms with E-state index in [1.165, 1.54) is 13.1 Å². The lowest BCUT2D eigenvalue weighted by atomic mass is 10.0. The van der Waals surface area contributed by atoms with Crippen molar-refractivity contribution >= 4 is 0 Å². The summed E-state index contributed by atoms with van der Waals surface area (Å²) in [5, 5.41) is 13.2. The number of aromatic hydroxyl groups is 1. The highest BCUT2D eigenvalue weighted by Crippen LogP contribution is 2.27. The molecule has 110 valence electrons. The molecule has 2 aliphatic rings. The summed E-state index contributed by atoms with van der Waals surface area (Å²) in [6.45, 7) is 7.73. The number of ether oxygens (including phenoxy) is 1. The van der Waals surface area contributed by atoms with E-state index in [-0.39, 0.29) is 5.75 Å². The molecule has 2 saturated heterocycles. The first-order chi connectivity index (χ1) is 9.76. The van der Waals surface area contributed by atoms with Crippen LogP contribution < -0.4 is 10.1 Å². The summed E-state index contributed by atoms with van der Waals surface area (Å²) in [7, 11) is 1.57. The van der Waals surface area contributed by atoms with Crippen LogP contribution in [-0.2, 0) is 6.54 Å². The number of likely N-dealkylation sites (tertiary alicyclic amines) is 1. The Bertz CT molecular complexity index is 454. The summed E-state index contributed by atoms with van der Waals surface area (Å²) < 4.78 is 5.07. The van der Waals surface area contributed by atoms with Crippen LogP contribution in [-0.4, -0.2) is 67.3 Å². The molecule has 0 radical (unpaired) electrons.